The lowest BCUT2D eigenvalue weighted by atomic mass is 10.1. The molecule has 2 heterocycles. The molecule has 1 aromatic heterocycles. The Balaban J connectivity index is 1.89. The first-order chi connectivity index (χ1) is 13.7. The van der Waals surface area contributed by atoms with Crippen LogP contribution in [0.3, 0.4) is 0 Å². The Morgan fingerprint density at radius 2 is 2.07 bits per heavy atom. The molecule has 2 aromatic rings. The van der Waals surface area contributed by atoms with Gasteiger partial charge in [-0.3, -0.25) is 0 Å². The lowest BCUT2D eigenvalue weighted by molar-refractivity contribution is 0.0276. The van der Waals surface area contributed by atoms with Gasteiger partial charge >= 0.3 is 5.97 Å². The van der Waals surface area contributed by atoms with Crippen molar-refractivity contribution in [1.29, 1.82) is 0 Å². The van der Waals surface area contributed by atoms with Gasteiger partial charge in [0.05, 0.1) is 12.7 Å². The number of carbonyl (C=O) groups is 1. The lowest BCUT2D eigenvalue weighted by Gasteiger charge is -2.32. The molecule has 0 radical (unpaired) electrons. The highest BCUT2D eigenvalue weighted by Gasteiger charge is 2.34. The third kappa shape index (κ3) is 4.43. The molecule has 0 spiro atoms. The zero-order valence-electron chi connectivity index (χ0n) is 16.9. The molecule has 0 aliphatic carbocycles. The molecule has 1 saturated heterocycles. The Kier molecular flexibility index (Phi) is 6.23. The second kappa shape index (κ2) is 8.50. The molecule has 29 heavy (non-hydrogen) atoms. The third-order valence-electron chi connectivity index (χ3n) is 4.90. The molecule has 9 nitrogen and oxygen atoms in total. The number of nitrogens with zero attached hydrogens (tertiary/aromatic N) is 3. The summed E-state index contributed by atoms with van der Waals surface area (Å²) >= 11 is 0. The van der Waals surface area contributed by atoms with Crippen molar-refractivity contribution in [3.8, 4) is 5.75 Å². The molecule has 1 aliphatic rings. The maximum atomic E-state index is 13.3. The van der Waals surface area contributed by atoms with Crippen molar-refractivity contribution < 1.29 is 27.1 Å². The summed E-state index contributed by atoms with van der Waals surface area (Å²) in [6, 6.07) is 4.10. The molecule has 1 aliphatic heterocycles. The van der Waals surface area contributed by atoms with Crippen LogP contribution in [0.25, 0.3) is 0 Å². The van der Waals surface area contributed by atoms with Gasteiger partial charge in [-0.05, 0) is 44.9 Å². The van der Waals surface area contributed by atoms with Gasteiger partial charge in [-0.2, -0.15) is 4.31 Å². The average Bonchev–Trinajstić information content (AvgIpc) is 3.14. The number of sulfonamides is 1. The monoisotopic (exact) mass is 423 g/mol. The van der Waals surface area contributed by atoms with Gasteiger partial charge in [0, 0.05) is 19.5 Å². The van der Waals surface area contributed by atoms with Crippen LogP contribution < -0.4 is 4.74 Å². The third-order valence-corrected chi connectivity index (χ3v) is 6.94. The summed E-state index contributed by atoms with van der Waals surface area (Å²) in [5.41, 5.74) is 0.0946. The minimum atomic E-state index is -3.83. The Bertz CT molecular complexity index is 988. The van der Waals surface area contributed by atoms with Crippen LogP contribution in [-0.2, 0) is 14.8 Å². The summed E-state index contributed by atoms with van der Waals surface area (Å²) < 4.78 is 43.9. The van der Waals surface area contributed by atoms with Crippen LogP contribution in [0.4, 0.5) is 0 Å². The van der Waals surface area contributed by atoms with E-state index in [4.69, 9.17) is 13.9 Å². The Morgan fingerprint density at radius 1 is 1.31 bits per heavy atom. The molecular formula is C19H25N3O6S. The molecule has 0 saturated carbocycles. The van der Waals surface area contributed by atoms with E-state index >= 15 is 0 Å². The number of aromatic nitrogens is 2. The number of aryl methyl sites for hydroxylation is 1. The molecule has 10 heteroatoms. The van der Waals surface area contributed by atoms with Crippen molar-refractivity contribution in [3.63, 3.8) is 0 Å². The van der Waals surface area contributed by atoms with Gasteiger partial charge in [0.25, 0.3) is 5.89 Å². The van der Waals surface area contributed by atoms with Gasteiger partial charge in [0.15, 0.2) is 6.10 Å². The van der Waals surface area contributed by atoms with E-state index in [1.54, 1.807) is 13.8 Å². The Labute approximate surface area is 170 Å². The number of piperidine rings is 1. The topological polar surface area (TPSA) is 112 Å². The number of rotatable bonds is 6. The van der Waals surface area contributed by atoms with E-state index in [-0.39, 0.29) is 28.1 Å². The van der Waals surface area contributed by atoms with E-state index in [1.165, 1.54) is 29.6 Å². The van der Waals surface area contributed by atoms with Crippen molar-refractivity contribution in [2.75, 3.05) is 13.7 Å². The minimum absolute atomic E-state index is 0.0514. The fourth-order valence-corrected chi connectivity index (χ4v) is 5.20. The first-order valence-corrected chi connectivity index (χ1v) is 10.9. The number of ether oxygens (including phenoxy) is 2. The Morgan fingerprint density at radius 3 is 2.69 bits per heavy atom. The van der Waals surface area contributed by atoms with E-state index < -0.39 is 22.1 Å². The number of hydrogen-bond donors (Lipinski definition) is 0. The molecule has 2 unspecified atom stereocenters. The van der Waals surface area contributed by atoms with Gasteiger partial charge in [-0.25, -0.2) is 13.2 Å². The highest BCUT2D eigenvalue weighted by Crippen LogP contribution is 2.32. The number of hydrogen-bond acceptors (Lipinski definition) is 8. The van der Waals surface area contributed by atoms with Crippen LogP contribution in [0.2, 0.25) is 0 Å². The van der Waals surface area contributed by atoms with Gasteiger partial charge in [-0.1, -0.05) is 6.42 Å². The van der Waals surface area contributed by atoms with Crippen molar-refractivity contribution in [3.05, 3.63) is 35.5 Å². The molecule has 0 bridgehead atoms. The first-order valence-electron chi connectivity index (χ1n) is 9.45. The van der Waals surface area contributed by atoms with Crippen molar-refractivity contribution in [2.24, 2.45) is 0 Å². The second-order valence-corrected chi connectivity index (χ2v) is 8.89. The fourth-order valence-electron chi connectivity index (χ4n) is 3.32. The largest absolute Gasteiger partial charge is 0.495 e. The van der Waals surface area contributed by atoms with Gasteiger partial charge in [0.2, 0.25) is 15.9 Å². The summed E-state index contributed by atoms with van der Waals surface area (Å²) in [6.07, 6.45) is 1.82. The summed E-state index contributed by atoms with van der Waals surface area (Å²) in [4.78, 5) is 12.5. The first kappa shape index (κ1) is 21.3. The van der Waals surface area contributed by atoms with E-state index in [1.807, 2.05) is 6.92 Å². The molecule has 158 valence electrons. The zero-order valence-corrected chi connectivity index (χ0v) is 17.7. The fraction of sp³-hybridized carbons (Fsp3) is 0.526. The quantitative estimate of drug-likeness (QED) is 0.652. The van der Waals surface area contributed by atoms with Crippen molar-refractivity contribution >= 4 is 16.0 Å². The summed E-state index contributed by atoms with van der Waals surface area (Å²) in [7, 11) is -2.43. The van der Waals surface area contributed by atoms with E-state index in [0.29, 0.717) is 12.4 Å². The number of methoxy groups -OCH3 is 1. The maximum absolute atomic E-state index is 13.3. The predicted octanol–water partition coefficient (Wildman–Crippen LogP) is 2.87. The van der Waals surface area contributed by atoms with Crippen molar-refractivity contribution in [1.82, 2.24) is 14.5 Å². The Hall–Kier alpha value is -2.46. The standard InChI is InChI=1S/C19H25N3O6S/c1-12-7-5-6-10-22(12)29(24,25)17-11-15(8-9-16(17)26-4)19(23)27-13(2)18-21-20-14(3)28-18/h8-9,11-13H,5-7,10H2,1-4H3. The minimum Gasteiger partial charge on any atom is -0.495 e. The summed E-state index contributed by atoms with van der Waals surface area (Å²) in [5.74, 6) is 0.00905. The van der Waals surface area contributed by atoms with Crippen LogP contribution in [-0.4, -0.2) is 48.6 Å². The van der Waals surface area contributed by atoms with E-state index in [2.05, 4.69) is 10.2 Å². The smallest absolute Gasteiger partial charge is 0.338 e. The highest BCUT2D eigenvalue weighted by molar-refractivity contribution is 7.89. The average molecular weight is 423 g/mol. The lowest BCUT2D eigenvalue weighted by Crippen LogP contribution is -2.42. The van der Waals surface area contributed by atoms with Crippen LogP contribution in [0.15, 0.2) is 27.5 Å². The van der Waals surface area contributed by atoms with Gasteiger partial charge in [-0.15, -0.1) is 10.2 Å². The van der Waals surface area contributed by atoms with Crippen LogP contribution in [0.1, 0.15) is 61.4 Å². The number of carbonyl (C=O) groups excluding carboxylic acids is 1. The predicted molar refractivity (Wildman–Crippen MR) is 103 cm³/mol. The van der Waals surface area contributed by atoms with Gasteiger partial charge < -0.3 is 13.9 Å². The van der Waals surface area contributed by atoms with E-state index in [9.17, 15) is 13.2 Å². The van der Waals surface area contributed by atoms with Crippen LogP contribution in [0, 0.1) is 6.92 Å². The van der Waals surface area contributed by atoms with Crippen LogP contribution >= 0.6 is 0 Å². The van der Waals surface area contributed by atoms with Crippen LogP contribution in [0.5, 0.6) is 5.75 Å². The number of benzene rings is 1. The molecular weight excluding hydrogens is 398 g/mol. The molecule has 2 atom stereocenters. The van der Waals surface area contributed by atoms with Gasteiger partial charge in [0.1, 0.15) is 10.6 Å². The molecule has 0 N–H and O–H groups in total. The second-order valence-electron chi connectivity index (χ2n) is 7.03. The number of esters is 1. The molecule has 3 rings (SSSR count). The van der Waals surface area contributed by atoms with Crippen molar-refractivity contribution in [2.45, 2.75) is 57.1 Å². The summed E-state index contributed by atoms with van der Waals surface area (Å²) in [6.45, 7) is 5.55. The SMILES string of the molecule is COc1ccc(C(=O)OC(C)c2nnc(C)o2)cc1S(=O)(=O)N1CCCCC1C. The zero-order chi connectivity index (χ0) is 21.2. The molecule has 0 amide bonds. The van der Waals surface area contributed by atoms with E-state index in [0.717, 1.165) is 19.3 Å². The summed E-state index contributed by atoms with van der Waals surface area (Å²) in [5, 5.41) is 7.54. The maximum Gasteiger partial charge on any atom is 0.338 e. The molecule has 1 fully saturated rings. The highest BCUT2D eigenvalue weighted by atomic mass is 32.2. The normalized spacial score (nSPS) is 19.0. The molecule has 1 aromatic carbocycles.